The van der Waals surface area contributed by atoms with E-state index in [1.54, 1.807) is 0 Å². The highest BCUT2D eigenvalue weighted by Gasteiger charge is 2.33. The van der Waals surface area contributed by atoms with Crippen molar-refractivity contribution in [3.8, 4) is 0 Å². The van der Waals surface area contributed by atoms with Gasteiger partial charge in [0.1, 0.15) is 0 Å². The van der Waals surface area contributed by atoms with Crippen LogP contribution in [0.2, 0.25) is 0 Å². The number of rotatable bonds is 4. The van der Waals surface area contributed by atoms with E-state index in [1.807, 2.05) is 36.4 Å². The molecule has 3 heteroatoms. The molecule has 0 amide bonds. The summed E-state index contributed by atoms with van der Waals surface area (Å²) in [6.07, 6.45) is 2.41. The van der Waals surface area contributed by atoms with Crippen molar-refractivity contribution < 1.29 is 0 Å². The van der Waals surface area contributed by atoms with E-state index in [2.05, 4.69) is 54.6 Å². The fraction of sp³-hybridized carbons (Fsp3) is 0.143. The fourth-order valence-corrected chi connectivity index (χ4v) is 5.96. The third-order valence-corrected chi connectivity index (χ3v) is 7.43. The second-order valence-corrected chi connectivity index (χ2v) is 8.65. The molecule has 0 saturated heterocycles. The van der Waals surface area contributed by atoms with Gasteiger partial charge in [-0.1, -0.05) is 54.6 Å². The number of nitrogens with zero attached hydrogens (tertiary/aromatic N) is 2. The van der Waals surface area contributed by atoms with Crippen LogP contribution in [0.5, 0.6) is 0 Å². The lowest BCUT2D eigenvalue weighted by atomic mass is 10.3. The average Bonchev–Trinajstić information content (AvgIpc) is 3.49. The molecule has 0 bridgehead atoms. The van der Waals surface area contributed by atoms with Gasteiger partial charge in [0.15, 0.2) is 0 Å². The lowest BCUT2D eigenvalue weighted by Crippen LogP contribution is -2.06. The molecule has 0 N–H and O–H groups in total. The zero-order chi connectivity index (χ0) is 16.2. The molecule has 0 heterocycles. The van der Waals surface area contributed by atoms with E-state index in [0.29, 0.717) is 5.25 Å². The Balaban J connectivity index is 2.02. The summed E-state index contributed by atoms with van der Waals surface area (Å²) in [6, 6.07) is 31.2. The Morgan fingerprint density at radius 2 is 1.00 bits per heavy atom. The molecule has 120 valence electrons. The summed E-state index contributed by atoms with van der Waals surface area (Å²) in [5.74, 6) is 0. The summed E-state index contributed by atoms with van der Waals surface area (Å²) in [5.41, 5.74) is 2.03. The first-order valence-electron chi connectivity index (χ1n) is 8.30. The Labute approximate surface area is 144 Å². The Bertz CT molecular complexity index is 870. The minimum absolute atomic E-state index is 0.542. The van der Waals surface area contributed by atoms with Gasteiger partial charge in [-0.25, -0.2) is 8.73 Å². The van der Waals surface area contributed by atoms with Gasteiger partial charge in [0.2, 0.25) is 0 Å². The molecular weight excluding hydrogens is 312 g/mol. The first-order chi connectivity index (χ1) is 11.9. The van der Waals surface area contributed by atoms with Gasteiger partial charge in [0, 0.05) is 10.1 Å². The van der Waals surface area contributed by atoms with Crippen LogP contribution < -0.4 is 0 Å². The molecule has 1 fully saturated rings. The quantitative estimate of drug-likeness (QED) is 0.528. The van der Waals surface area contributed by atoms with E-state index in [9.17, 15) is 0 Å². The summed E-state index contributed by atoms with van der Waals surface area (Å²) in [4.78, 5) is 1.25. The summed E-state index contributed by atoms with van der Waals surface area (Å²) < 4.78 is 10.5. The molecule has 1 aliphatic carbocycles. The summed E-state index contributed by atoms with van der Waals surface area (Å²) >= 11 is 0. The van der Waals surface area contributed by atoms with Crippen LogP contribution in [0.25, 0.3) is 0 Å². The molecule has 0 atom stereocenters. The van der Waals surface area contributed by atoms with E-state index in [-0.39, 0.29) is 0 Å². The van der Waals surface area contributed by atoms with Gasteiger partial charge in [0.25, 0.3) is 0 Å². The molecular formula is C21H20N2S. The Kier molecular flexibility index (Phi) is 4.18. The van der Waals surface area contributed by atoms with Crippen LogP contribution in [0.1, 0.15) is 12.8 Å². The lowest BCUT2D eigenvalue weighted by Gasteiger charge is -2.17. The zero-order valence-corrected chi connectivity index (χ0v) is 14.3. The molecule has 0 aromatic heterocycles. The smallest absolute Gasteiger partial charge is 0.0717 e. The van der Waals surface area contributed by atoms with Gasteiger partial charge < -0.3 is 0 Å². The minimum atomic E-state index is -1.64. The number of hydrogen-bond donors (Lipinski definition) is 0. The SMILES string of the molecule is c1ccc(N=S(=Nc2ccccc2)(c2ccccc2)C2CC2)cc1. The first kappa shape index (κ1) is 15.2. The predicted octanol–water partition coefficient (Wildman–Crippen LogP) is 6.39. The monoisotopic (exact) mass is 332 g/mol. The van der Waals surface area contributed by atoms with Gasteiger partial charge >= 0.3 is 0 Å². The minimum Gasteiger partial charge on any atom is -0.213 e. The van der Waals surface area contributed by atoms with Gasteiger partial charge in [-0.2, -0.15) is 0 Å². The highest BCUT2D eigenvalue weighted by atomic mass is 32.2. The van der Waals surface area contributed by atoms with Crippen molar-refractivity contribution in [1.29, 1.82) is 0 Å². The molecule has 1 aliphatic rings. The fourth-order valence-electron chi connectivity index (χ4n) is 2.78. The van der Waals surface area contributed by atoms with E-state index in [0.717, 1.165) is 11.4 Å². The molecule has 0 aliphatic heterocycles. The molecule has 3 aromatic rings. The van der Waals surface area contributed by atoms with Crippen LogP contribution in [0.3, 0.4) is 0 Å². The Morgan fingerprint density at radius 1 is 0.583 bits per heavy atom. The van der Waals surface area contributed by atoms with E-state index in [1.165, 1.54) is 17.7 Å². The largest absolute Gasteiger partial charge is 0.213 e. The van der Waals surface area contributed by atoms with Crippen molar-refractivity contribution in [3.63, 3.8) is 0 Å². The van der Waals surface area contributed by atoms with Crippen LogP contribution in [-0.4, -0.2) is 5.25 Å². The first-order valence-corrected chi connectivity index (χ1v) is 9.91. The van der Waals surface area contributed by atoms with E-state index >= 15 is 0 Å². The second-order valence-electron chi connectivity index (χ2n) is 5.96. The molecule has 1 saturated carbocycles. The zero-order valence-electron chi connectivity index (χ0n) is 13.5. The maximum Gasteiger partial charge on any atom is 0.0717 e. The van der Waals surface area contributed by atoms with Gasteiger partial charge in [-0.3, -0.25) is 0 Å². The van der Waals surface area contributed by atoms with E-state index in [4.69, 9.17) is 8.73 Å². The number of hydrogen-bond acceptors (Lipinski definition) is 2. The van der Waals surface area contributed by atoms with E-state index < -0.39 is 9.62 Å². The van der Waals surface area contributed by atoms with Crippen LogP contribution in [-0.2, 0) is 9.62 Å². The van der Waals surface area contributed by atoms with Crippen LogP contribution in [0, 0.1) is 0 Å². The maximum atomic E-state index is 5.23. The van der Waals surface area contributed by atoms with Gasteiger partial charge in [-0.15, -0.1) is 0 Å². The lowest BCUT2D eigenvalue weighted by molar-refractivity contribution is 1.33. The third kappa shape index (κ3) is 3.13. The summed E-state index contributed by atoms with van der Waals surface area (Å²) in [7, 11) is -1.64. The highest BCUT2D eigenvalue weighted by Crippen LogP contribution is 2.41. The molecule has 4 rings (SSSR count). The van der Waals surface area contributed by atoms with Crippen molar-refractivity contribution in [2.45, 2.75) is 23.0 Å². The van der Waals surface area contributed by atoms with Crippen LogP contribution in [0.4, 0.5) is 11.4 Å². The molecule has 3 aromatic carbocycles. The molecule has 2 nitrogen and oxygen atoms in total. The summed E-state index contributed by atoms with van der Waals surface area (Å²) in [6.45, 7) is 0. The predicted molar refractivity (Wildman–Crippen MR) is 102 cm³/mol. The Morgan fingerprint density at radius 3 is 1.42 bits per heavy atom. The number of benzene rings is 3. The van der Waals surface area contributed by atoms with Gasteiger partial charge in [0.05, 0.1) is 11.4 Å². The van der Waals surface area contributed by atoms with Crippen molar-refractivity contribution in [1.82, 2.24) is 0 Å². The Hall–Kier alpha value is -2.39. The molecule has 0 radical (unpaired) electrons. The average molecular weight is 332 g/mol. The standard InChI is InChI=1S/C21H20N2S/c1-4-10-18(11-5-1)22-24(21-16-17-21,20-14-8-3-9-15-20)23-19-12-6-2-7-13-19/h1-15,21H,16-17H2. The molecule has 24 heavy (non-hydrogen) atoms. The van der Waals surface area contributed by atoms with Crippen LogP contribution >= 0.6 is 0 Å². The van der Waals surface area contributed by atoms with Crippen molar-refractivity contribution >= 4 is 21.0 Å². The normalized spacial score (nSPS) is 14.2. The highest BCUT2D eigenvalue weighted by molar-refractivity contribution is 7.97. The topological polar surface area (TPSA) is 24.7 Å². The maximum absolute atomic E-state index is 5.23. The van der Waals surface area contributed by atoms with Gasteiger partial charge in [-0.05, 0) is 58.9 Å². The molecule has 0 unspecified atom stereocenters. The third-order valence-electron chi connectivity index (χ3n) is 4.08. The second kappa shape index (κ2) is 6.62. The van der Waals surface area contributed by atoms with Crippen molar-refractivity contribution in [2.75, 3.05) is 0 Å². The summed E-state index contributed by atoms with van der Waals surface area (Å²) in [5, 5.41) is 0.542. The van der Waals surface area contributed by atoms with Crippen molar-refractivity contribution in [2.24, 2.45) is 8.73 Å². The van der Waals surface area contributed by atoms with Crippen molar-refractivity contribution in [3.05, 3.63) is 91.0 Å². The van der Waals surface area contributed by atoms with Crippen LogP contribution in [0.15, 0.2) is 105 Å². The molecule has 0 spiro atoms.